The molecule has 0 spiro atoms. The highest BCUT2D eigenvalue weighted by Crippen LogP contribution is 2.31. The summed E-state index contributed by atoms with van der Waals surface area (Å²) < 4.78 is 32.4. The minimum atomic E-state index is -4.15. The second-order valence-corrected chi connectivity index (χ2v) is 8.55. The largest absolute Gasteiger partial charge is 0.748 e. The highest BCUT2D eigenvalue weighted by Gasteiger charge is 2.11. The zero-order valence-corrected chi connectivity index (χ0v) is 15.9. The van der Waals surface area contributed by atoms with E-state index < -0.39 is 10.1 Å². The zero-order valence-electron chi connectivity index (χ0n) is 15.1. The second-order valence-electron chi connectivity index (χ2n) is 7.02. The fraction of sp³-hybridized carbons (Fsp3) is 0.182. The van der Waals surface area contributed by atoms with Crippen molar-refractivity contribution in [3.63, 3.8) is 0 Å². The molecule has 0 unspecified atom stereocenters. The molecule has 4 nitrogen and oxygen atoms in total. The molecule has 0 aromatic heterocycles. The molecule has 0 saturated heterocycles. The van der Waals surface area contributed by atoms with E-state index in [1.165, 1.54) is 21.5 Å². The second kappa shape index (κ2) is 6.93. The predicted molar refractivity (Wildman–Crippen MR) is 109 cm³/mol. The Hall–Kier alpha value is -2.47. The number of nitrogens with two attached hydrogens (primary N) is 1. The topological polar surface area (TPSA) is 73.8 Å². The Labute approximate surface area is 158 Å². The van der Waals surface area contributed by atoms with Gasteiger partial charge in [-0.3, -0.25) is 0 Å². The minimum Gasteiger partial charge on any atom is -0.748 e. The zero-order chi connectivity index (χ0) is 19.0. The van der Waals surface area contributed by atoms with Crippen LogP contribution in [-0.4, -0.2) is 25.3 Å². The number of hydrogen-bond donors (Lipinski definition) is 1. The van der Waals surface area contributed by atoms with Gasteiger partial charge < -0.3 is 9.87 Å². The number of quaternary nitrogens is 1. The summed E-state index contributed by atoms with van der Waals surface area (Å²) in [5, 5.41) is 9.19. The number of fused-ring (bicyclic) bond motifs is 3. The summed E-state index contributed by atoms with van der Waals surface area (Å²) in [6, 6.07) is 21.4. The van der Waals surface area contributed by atoms with Gasteiger partial charge in [-0.1, -0.05) is 36.4 Å². The van der Waals surface area contributed by atoms with Crippen molar-refractivity contribution in [2.45, 2.75) is 13.3 Å². The van der Waals surface area contributed by atoms with Gasteiger partial charge in [0.2, 0.25) is 0 Å². The van der Waals surface area contributed by atoms with Crippen LogP contribution >= 0.6 is 0 Å². The van der Waals surface area contributed by atoms with Gasteiger partial charge in [-0.15, -0.1) is 0 Å². The van der Waals surface area contributed by atoms with Crippen LogP contribution in [0.1, 0.15) is 12.0 Å². The molecule has 0 bridgehead atoms. The Morgan fingerprint density at radius 2 is 1.48 bits per heavy atom. The molecule has 0 heterocycles. The Morgan fingerprint density at radius 1 is 0.852 bits per heavy atom. The lowest BCUT2D eigenvalue weighted by Crippen LogP contribution is -2.78. The number of aryl methyl sites for hydroxylation is 1. The Morgan fingerprint density at radius 3 is 2.15 bits per heavy atom. The van der Waals surface area contributed by atoms with Crippen LogP contribution in [-0.2, 0) is 10.1 Å². The summed E-state index contributed by atoms with van der Waals surface area (Å²) in [5.74, 6) is -0.317. The summed E-state index contributed by atoms with van der Waals surface area (Å²) in [6.07, 6.45) is 0.347. The van der Waals surface area contributed by atoms with Crippen molar-refractivity contribution in [1.29, 1.82) is 0 Å². The lowest BCUT2D eigenvalue weighted by molar-refractivity contribution is -0.570. The van der Waals surface area contributed by atoms with E-state index in [0.29, 0.717) is 13.0 Å². The molecule has 5 heteroatoms. The van der Waals surface area contributed by atoms with E-state index in [1.807, 2.05) is 12.1 Å². The molecule has 0 aliphatic heterocycles. The lowest BCUT2D eigenvalue weighted by atomic mass is 9.97. The third-order valence-electron chi connectivity index (χ3n) is 5.05. The quantitative estimate of drug-likeness (QED) is 0.249. The van der Waals surface area contributed by atoms with E-state index in [4.69, 9.17) is 0 Å². The van der Waals surface area contributed by atoms with Crippen LogP contribution in [0.5, 0.6) is 0 Å². The summed E-state index contributed by atoms with van der Waals surface area (Å²) in [6.45, 7) is 2.62. The van der Waals surface area contributed by atoms with Crippen LogP contribution < -0.4 is 5.32 Å². The van der Waals surface area contributed by atoms with E-state index in [9.17, 15) is 13.0 Å². The van der Waals surface area contributed by atoms with Crippen LogP contribution in [0, 0.1) is 6.92 Å². The van der Waals surface area contributed by atoms with Gasteiger partial charge in [-0.2, -0.15) is 0 Å². The van der Waals surface area contributed by atoms with Crippen LogP contribution in [0.2, 0.25) is 0 Å². The molecule has 0 aliphatic carbocycles. The average molecular weight is 379 g/mol. The highest BCUT2D eigenvalue weighted by molar-refractivity contribution is 7.85. The van der Waals surface area contributed by atoms with E-state index in [0.717, 1.165) is 22.0 Å². The summed E-state index contributed by atoms with van der Waals surface area (Å²) in [7, 11) is -4.15. The third kappa shape index (κ3) is 3.81. The first-order valence-corrected chi connectivity index (χ1v) is 10.6. The van der Waals surface area contributed by atoms with E-state index in [-0.39, 0.29) is 5.75 Å². The maximum Gasteiger partial charge on any atom is 0.140 e. The average Bonchev–Trinajstić information content (AvgIpc) is 2.62. The first kappa shape index (κ1) is 17.9. The van der Waals surface area contributed by atoms with Gasteiger partial charge in [-0.25, -0.2) is 8.42 Å². The highest BCUT2D eigenvalue weighted by atomic mass is 32.2. The number of rotatable bonds is 5. The summed E-state index contributed by atoms with van der Waals surface area (Å²) in [5.41, 5.74) is 2.26. The maximum atomic E-state index is 10.8. The maximum absolute atomic E-state index is 10.8. The molecule has 0 amide bonds. The smallest absolute Gasteiger partial charge is 0.140 e. The molecule has 0 aliphatic rings. The van der Waals surface area contributed by atoms with Gasteiger partial charge >= 0.3 is 0 Å². The fourth-order valence-electron chi connectivity index (χ4n) is 3.68. The van der Waals surface area contributed by atoms with Crippen LogP contribution in [0.3, 0.4) is 0 Å². The van der Waals surface area contributed by atoms with Crippen molar-refractivity contribution in [2.24, 2.45) is 0 Å². The molecule has 0 radical (unpaired) electrons. The van der Waals surface area contributed by atoms with Crippen molar-refractivity contribution < 1.29 is 18.3 Å². The van der Waals surface area contributed by atoms with Crippen molar-refractivity contribution in [2.75, 3.05) is 12.3 Å². The molecule has 27 heavy (non-hydrogen) atoms. The third-order valence-corrected chi connectivity index (χ3v) is 5.84. The summed E-state index contributed by atoms with van der Waals surface area (Å²) in [4.78, 5) is 0. The Kier molecular flexibility index (Phi) is 4.60. The van der Waals surface area contributed by atoms with E-state index >= 15 is 0 Å². The Bertz CT molecular complexity index is 1260. The fourth-order valence-corrected chi connectivity index (χ4v) is 4.20. The molecule has 0 atom stereocenters. The van der Waals surface area contributed by atoms with Gasteiger partial charge in [-0.05, 0) is 58.1 Å². The number of hydrogen-bond acceptors (Lipinski definition) is 3. The van der Waals surface area contributed by atoms with Crippen LogP contribution in [0.25, 0.3) is 32.3 Å². The molecule has 4 aromatic carbocycles. The SMILES string of the molecule is Cc1ccc2cc3cc4ccccc4cc3cc2c1[NH2+]CCCS(=O)(=O)[O-]. The molecule has 4 rings (SSSR count). The molecule has 2 N–H and O–H groups in total. The lowest BCUT2D eigenvalue weighted by Gasteiger charge is -2.11. The molecule has 138 valence electrons. The van der Waals surface area contributed by atoms with Gasteiger partial charge in [0.05, 0.1) is 16.7 Å². The summed E-state index contributed by atoms with van der Waals surface area (Å²) >= 11 is 0. The van der Waals surface area contributed by atoms with Crippen molar-refractivity contribution in [1.82, 2.24) is 0 Å². The van der Waals surface area contributed by atoms with Crippen molar-refractivity contribution in [3.8, 4) is 0 Å². The molecule has 4 aromatic rings. The van der Waals surface area contributed by atoms with Gasteiger partial charge in [0.15, 0.2) is 0 Å². The van der Waals surface area contributed by atoms with E-state index in [1.54, 1.807) is 0 Å². The first-order chi connectivity index (χ1) is 12.9. The van der Waals surface area contributed by atoms with E-state index in [2.05, 4.69) is 60.8 Å². The predicted octanol–water partition coefficient (Wildman–Crippen LogP) is 3.58. The van der Waals surface area contributed by atoms with Gasteiger partial charge in [0.25, 0.3) is 0 Å². The number of benzene rings is 4. The van der Waals surface area contributed by atoms with Gasteiger partial charge in [0, 0.05) is 23.1 Å². The normalized spacial score (nSPS) is 12.2. The molecule has 0 fully saturated rings. The van der Waals surface area contributed by atoms with Crippen molar-refractivity contribution in [3.05, 3.63) is 66.2 Å². The Balaban J connectivity index is 1.77. The monoisotopic (exact) mass is 379 g/mol. The minimum absolute atomic E-state index is 0.317. The van der Waals surface area contributed by atoms with Gasteiger partial charge in [0.1, 0.15) is 5.69 Å². The van der Waals surface area contributed by atoms with Crippen LogP contribution in [0.15, 0.2) is 60.7 Å². The first-order valence-electron chi connectivity index (χ1n) is 9.03. The molecular formula is C22H21NO3S. The molecule has 0 saturated carbocycles. The standard InChI is InChI=1S/C22H21NO3S/c1-15-7-8-18-13-19-11-16-5-2-3-6-17(16)12-20(19)14-21(18)22(15)23-9-4-10-27(24,25)26/h2-3,5-8,11-14,23H,4,9-10H2,1H3,(H,24,25,26). The molecular weight excluding hydrogens is 358 g/mol. The van der Waals surface area contributed by atoms with Crippen molar-refractivity contribution >= 4 is 48.1 Å². The van der Waals surface area contributed by atoms with Crippen LogP contribution in [0.4, 0.5) is 5.69 Å².